The van der Waals surface area contributed by atoms with Gasteiger partial charge in [-0.2, -0.15) is 0 Å². The van der Waals surface area contributed by atoms with Crippen LogP contribution in [0.15, 0.2) is 42.5 Å². The summed E-state index contributed by atoms with van der Waals surface area (Å²) >= 11 is 0. The van der Waals surface area contributed by atoms with Crippen molar-refractivity contribution in [2.75, 3.05) is 21.3 Å². The number of rotatable bonds is 10. The Balaban J connectivity index is 1.85. The van der Waals surface area contributed by atoms with Crippen LogP contribution in [0.5, 0.6) is 28.7 Å². The topological polar surface area (TPSA) is 85.2 Å². The van der Waals surface area contributed by atoms with Crippen LogP contribution in [0.3, 0.4) is 0 Å². The van der Waals surface area contributed by atoms with E-state index in [0.717, 1.165) is 17.5 Å². The standard InChI is InChI=1S/C22H26O6/c1-26-19-12-15(9-11-18(19)24)6-4-5-7-17(23)10-8-16-13-20(27-2)22(25)21(14-16)28-3/h5,7,9,11-14,24-25H,4,6,8,10H2,1-3H3/b7-5+. The number of carbonyl (C=O) groups is 1. The maximum atomic E-state index is 12.1. The molecule has 0 aliphatic rings. The van der Waals surface area contributed by atoms with Gasteiger partial charge in [0.05, 0.1) is 21.3 Å². The van der Waals surface area contributed by atoms with Gasteiger partial charge in [0.15, 0.2) is 28.8 Å². The van der Waals surface area contributed by atoms with Gasteiger partial charge in [-0.3, -0.25) is 4.79 Å². The summed E-state index contributed by atoms with van der Waals surface area (Å²) in [6.07, 6.45) is 5.76. The molecule has 28 heavy (non-hydrogen) atoms. The second-order valence-corrected chi connectivity index (χ2v) is 6.26. The maximum absolute atomic E-state index is 12.1. The van der Waals surface area contributed by atoms with Crippen LogP contribution in [0, 0.1) is 0 Å². The fourth-order valence-electron chi connectivity index (χ4n) is 2.79. The SMILES string of the molecule is COc1cc(CC/C=C/C(=O)CCc2cc(OC)c(O)c(OC)c2)ccc1O. The summed E-state index contributed by atoms with van der Waals surface area (Å²) in [7, 11) is 4.45. The molecule has 0 aromatic heterocycles. The number of aryl methyl sites for hydroxylation is 2. The quantitative estimate of drug-likeness (QED) is 0.604. The summed E-state index contributed by atoms with van der Waals surface area (Å²) in [6, 6.07) is 8.62. The zero-order chi connectivity index (χ0) is 20.5. The Hall–Kier alpha value is -3.15. The number of ether oxygens (including phenoxy) is 3. The zero-order valence-electron chi connectivity index (χ0n) is 16.4. The van der Waals surface area contributed by atoms with Crippen molar-refractivity contribution in [1.29, 1.82) is 0 Å². The number of ketones is 1. The second kappa shape index (κ2) is 10.3. The zero-order valence-corrected chi connectivity index (χ0v) is 16.4. The van der Waals surface area contributed by atoms with Crippen molar-refractivity contribution in [3.8, 4) is 28.7 Å². The first-order chi connectivity index (χ1) is 13.5. The van der Waals surface area contributed by atoms with Gasteiger partial charge in [-0.25, -0.2) is 0 Å². The molecular formula is C22H26O6. The summed E-state index contributed by atoms with van der Waals surface area (Å²) in [6.45, 7) is 0. The van der Waals surface area contributed by atoms with E-state index in [1.54, 1.807) is 30.3 Å². The summed E-state index contributed by atoms with van der Waals surface area (Å²) in [5, 5.41) is 19.5. The van der Waals surface area contributed by atoms with E-state index in [1.807, 2.05) is 12.1 Å². The average molecular weight is 386 g/mol. The molecule has 0 aliphatic carbocycles. The van der Waals surface area contributed by atoms with Crippen LogP contribution in [-0.2, 0) is 17.6 Å². The van der Waals surface area contributed by atoms with Crippen molar-refractivity contribution < 1.29 is 29.2 Å². The summed E-state index contributed by atoms with van der Waals surface area (Å²) in [5.74, 6) is 1.17. The third-order valence-electron chi connectivity index (χ3n) is 4.35. The Bertz CT molecular complexity index is 816. The van der Waals surface area contributed by atoms with E-state index in [0.29, 0.717) is 36.5 Å². The lowest BCUT2D eigenvalue weighted by Crippen LogP contribution is -1.98. The van der Waals surface area contributed by atoms with Gasteiger partial charge in [-0.15, -0.1) is 0 Å². The molecule has 6 heteroatoms. The van der Waals surface area contributed by atoms with Crippen molar-refractivity contribution >= 4 is 5.78 Å². The van der Waals surface area contributed by atoms with Crippen LogP contribution in [0.1, 0.15) is 24.0 Å². The van der Waals surface area contributed by atoms with Gasteiger partial charge in [-0.1, -0.05) is 12.1 Å². The number of hydrogen-bond acceptors (Lipinski definition) is 6. The molecule has 0 radical (unpaired) electrons. The number of benzene rings is 2. The number of allylic oxidation sites excluding steroid dienone is 2. The molecular weight excluding hydrogens is 360 g/mol. The van der Waals surface area contributed by atoms with E-state index in [-0.39, 0.29) is 17.3 Å². The molecule has 2 rings (SSSR count). The van der Waals surface area contributed by atoms with E-state index in [9.17, 15) is 15.0 Å². The van der Waals surface area contributed by atoms with Crippen LogP contribution in [0.2, 0.25) is 0 Å². The molecule has 0 atom stereocenters. The van der Waals surface area contributed by atoms with Crippen molar-refractivity contribution in [2.24, 2.45) is 0 Å². The van der Waals surface area contributed by atoms with E-state index >= 15 is 0 Å². The van der Waals surface area contributed by atoms with Gasteiger partial charge in [0.2, 0.25) is 5.75 Å². The van der Waals surface area contributed by atoms with Crippen LogP contribution in [-0.4, -0.2) is 37.3 Å². The van der Waals surface area contributed by atoms with Gasteiger partial charge in [-0.05, 0) is 60.7 Å². The van der Waals surface area contributed by atoms with E-state index in [1.165, 1.54) is 21.3 Å². The van der Waals surface area contributed by atoms with Crippen molar-refractivity contribution in [3.63, 3.8) is 0 Å². The minimum absolute atomic E-state index is 0.0225. The number of methoxy groups -OCH3 is 3. The van der Waals surface area contributed by atoms with Crippen LogP contribution < -0.4 is 14.2 Å². The molecule has 0 unspecified atom stereocenters. The molecule has 2 aromatic carbocycles. The Labute approximate surface area is 165 Å². The molecule has 2 aromatic rings. The molecule has 0 spiro atoms. The Kier molecular flexibility index (Phi) is 7.75. The van der Waals surface area contributed by atoms with Gasteiger partial charge < -0.3 is 24.4 Å². The first kappa shape index (κ1) is 21.2. The largest absolute Gasteiger partial charge is 0.504 e. The van der Waals surface area contributed by atoms with Crippen molar-refractivity contribution in [1.82, 2.24) is 0 Å². The number of phenolic OH excluding ortho intramolecular Hbond substituents is 2. The lowest BCUT2D eigenvalue weighted by molar-refractivity contribution is -0.114. The molecule has 0 heterocycles. The highest BCUT2D eigenvalue weighted by Crippen LogP contribution is 2.37. The minimum Gasteiger partial charge on any atom is -0.504 e. The molecule has 6 nitrogen and oxygen atoms in total. The van der Waals surface area contributed by atoms with Crippen LogP contribution in [0.4, 0.5) is 0 Å². The normalized spacial score (nSPS) is 10.8. The highest BCUT2D eigenvalue weighted by Gasteiger charge is 2.11. The lowest BCUT2D eigenvalue weighted by Gasteiger charge is -2.10. The highest BCUT2D eigenvalue weighted by atomic mass is 16.5. The van der Waals surface area contributed by atoms with Gasteiger partial charge in [0, 0.05) is 6.42 Å². The number of carbonyl (C=O) groups excluding carboxylic acids is 1. The second-order valence-electron chi connectivity index (χ2n) is 6.26. The molecule has 0 aliphatic heterocycles. The average Bonchev–Trinajstić information content (AvgIpc) is 2.71. The van der Waals surface area contributed by atoms with Gasteiger partial charge in [0.25, 0.3) is 0 Å². The molecule has 150 valence electrons. The molecule has 2 N–H and O–H groups in total. The molecule has 0 fully saturated rings. The van der Waals surface area contributed by atoms with Crippen molar-refractivity contribution in [2.45, 2.75) is 25.7 Å². The van der Waals surface area contributed by atoms with Gasteiger partial charge in [0.1, 0.15) is 0 Å². The lowest BCUT2D eigenvalue weighted by atomic mass is 10.0. The van der Waals surface area contributed by atoms with Gasteiger partial charge >= 0.3 is 0 Å². The van der Waals surface area contributed by atoms with E-state index in [4.69, 9.17) is 14.2 Å². The third-order valence-corrected chi connectivity index (χ3v) is 4.35. The van der Waals surface area contributed by atoms with Crippen molar-refractivity contribution in [3.05, 3.63) is 53.6 Å². The first-order valence-electron chi connectivity index (χ1n) is 8.97. The number of phenols is 2. The Morgan fingerprint density at radius 3 is 2.11 bits per heavy atom. The molecule has 0 saturated carbocycles. The third kappa shape index (κ3) is 5.67. The smallest absolute Gasteiger partial charge is 0.200 e. The van der Waals surface area contributed by atoms with E-state index < -0.39 is 0 Å². The predicted molar refractivity (Wildman–Crippen MR) is 107 cm³/mol. The summed E-state index contributed by atoms with van der Waals surface area (Å²) in [5.41, 5.74) is 1.87. The fraction of sp³-hybridized carbons (Fsp3) is 0.318. The van der Waals surface area contributed by atoms with E-state index in [2.05, 4.69) is 0 Å². The van der Waals surface area contributed by atoms with Crippen LogP contribution in [0.25, 0.3) is 0 Å². The summed E-state index contributed by atoms with van der Waals surface area (Å²) < 4.78 is 15.3. The Morgan fingerprint density at radius 1 is 0.893 bits per heavy atom. The number of aromatic hydroxyl groups is 2. The molecule has 0 saturated heterocycles. The first-order valence-corrected chi connectivity index (χ1v) is 8.97. The Morgan fingerprint density at radius 2 is 1.50 bits per heavy atom. The maximum Gasteiger partial charge on any atom is 0.200 e. The fourth-order valence-corrected chi connectivity index (χ4v) is 2.79. The molecule has 0 bridgehead atoms. The highest BCUT2D eigenvalue weighted by molar-refractivity contribution is 5.89. The monoisotopic (exact) mass is 386 g/mol. The minimum atomic E-state index is -0.0502. The number of hydrogen-bond donors (Lipinski definition) is 2. The molecule has 0 amide bonds. The summed E-state index contributed by atoms with van der Waals surface area (Å²) in [4.78, 5) is 12.1. The predicted octanol–water partition coefficient (Wildman–Crippen LogP) is 3.81. The van der Waals surface area contributed by atoms with Crippen LogP contribution >= 0.6 is 0 Å².